The van der Waals surface area contributed by atoms with Gasteiger partial charge in [0.1, 0.15) is 5.01 Å². The fourth-order valence-corrected chi connectivity index (χ4v) is 2.61. The van der Waals surface area contributed by atoms with Crippen molar-refractivity contribution in [3.63, 3.8) is 0 Å². The molecule has 1 aromatic carbocycles. The molecule has 1 heterocycles. The van der Waals surface area contributed by atoms with E-state index in [0.29, 0.717) is 6.42 Å². The molecular formula is C14H14N2S. The Kier molecular flexibility index (Phi) is 3.55. The van der Waals surface area contributed by atoms with Crippen LogP contribution in [0, 0.1) is 18.3 Å². The molecule has 1 aromatic heterocycles. The van der Waals surface area contributed by atoms with E-state index >= 15 is 0 Å². The van der Waals surface area contributed by atoms with Gasteiger partial charge < -0.3 is 0 Å². The summed E-state index contributed by atoms with van der Waals surface area (Å²) in [7, 11) is 0. The number of hydrogen-bond acceptors (Lipinski definition) is 3. The Morgan fingerprint density at radius 1 is 1.29 bits per heavy atom. The monoisotopic (exact) mass is 242 g/mol. The highest BCUT2D eigenvalue weighted by Gasteiger charge is 2.08. The number of aromatic nitrogens is 1. The van der Waals surface area contributed by atoms with E-state index < -0.39 is 0 Å². The maximum absolute atomic E-state index is 8.71. The summed E-state index contributed by atoms with van der Waals surface area (Å²) in [5.74, 6) is 0. The van der Waals surface area contributed by atoms with Crippen molar-refractivity contribution >= 4 is 11.3 Å². The smallest absolute Gasteiger partial charge is 0.123 e. The lowest BCUT2D eigenvalue weighted by Crippen LogP contribution is -1.85. The van der Waals surface area contributed by atoms with Gasteiger partial charge in [-0.3, -0.25) is 0 Å². The van der Waals surface area contributed by atoms with Crippen molar-refractivity contribution < 1.29 is 0 Å². The number of hydrogen-bond donors (Lipinski definition) is 0. The Bertz CT molecular complexity index is 547. The second-order valence-electron chi connectivity index (χ2n) is 3.91. The first-order valence-corrected chi connectivity index (χ1v) is 6.48. The van der Waals surface area contributed by atoms with Crippen LogP contribution >= 0.6 is 11.3 Å². The van der Waals surface area contributed by atoms with Gasteiger partial charge in [0.15, 0.2) is 0 Å². The van der Waals surface area contributed by atoms with Crippen LogP contribution in [0.15, 0.2) is 24.3 Å². The van der Waals surface area contributed by atoms with E-state index in [4.69, 9.17) is 5.26 Å². The van der Waals surface area contributed by atoms with Gasteiger partial charge in [0.25, 0.3) is 0 Å². The molecule has 0 aliphatic rings. The lowest BCUT2D eigenvalue weighted by Gasteiger charge is -1.98. The highest BCUT2D eigenvalue weighted by atomic mass is 32.1. The molecule has 2 aromatic rings. The molecule has 0 aliphatic carbocycles. The van der Waals surface area contributed by atoms with E-state index in [0.717, 1.165) is 27.6 Å². The van der Waals surface area contributed by atoms with Crippen molar-refractivity contribution in [1.29, 1.82) is 5.26 Å². The zero-order chi connectivity index (χ0) is 12.3. The van der Waals surface area contributed by atoms with E-state index in [-0.39, 0.29) is 0 Å². The molecule has 86 valence electrons. The van der Waals surface area contributed by atoms with Gasteiger partial charge in [-0.2, -0.15) is 5.26 Å². The number of thiazole rings is 1. The highest BCUT2D eigenvalue weighted by molar-refractivity contribution is 7.15. The largest absolute Gasteiger partial charge is 0.240 e. The zero-order valence-corrected chi connectivity index (χ0v) is 10.8. The Hall–Kier alpha value is -1.66. The summed E-state index contributed by atoms with van der Waals surface area (Å²) in [6, 6.07) is 10.6. The molecule has 3 heteroatoms. The molecule has 0 saturated heterocycles. The van der Waals surface area contributed by atoms with Crippen molar-refractivity contribution in [3.05, 3.63) is 40.4 Å². The normalized spacial score (nSPS) is 10.2. The molecule has 0 aliphatic heterocycles. The van der Waals surface area contributed by atoms with Crippen LogP contribution in [-0.2, 0) is 12.8 Å². The maximum atomic E-state index is 8.71. The minimum Gasteiger partial charge on any atom is -0.240 e. The van der Waals surface area contributed by atoms with E-state index in [1.54, 1.807) is 11.3 Å². The molecule has 17 heavy (non-hydrogen) atoms. The van der Waals surface area contributed by atoms with Crippen molar-refractivity contribution in [2.75, 3.05) is 0 Å². The molecule has 0 fully saturated rings. The summed E-state index contributed by atoms with van der Waals surface area (Å²) in [6.07, 6.45) is 1.45. The average Bonchev–Trinajstić information content (AvgIpc) is 2.72. The number of rotatable bonds is 3. The van der Waals surface area contributed by atoms with Gasteiger partial charge >= 0.3 is 0 Å². The summed E-state index contributed by atoms with van der Waals surface area (Å²) in [4.78, 5) is 5.66. The van der Waals surface area contributed by atoms with Gasteiger partial charge in [0, 0.05) is 10.4 Å². The summed E-state index contributed by atoms with van der Waals surface area (Å²) >= 11 is 1.66. The first kappa shape index (κ1) is 11.8. The minimum atomic E-state index is 0.398. The summed E-state index contributed by atoms with van der Waals surface area (Å²) in [5.41, 5.74) is 3.38. The Morgan fingerprint density at radius 2 is 2.00 bits per heavy atom. The van der Waals surface area contributed by atoms with E-state index in [1.165, 1.54) is 5.56 Å². The van der Waals surface area contributed by atoms with Gasteiger partial charge in [0.05, 0.1) is 18.2 Å². The van der Waals surface area contributed by atoms with Crippen molar-refractivity contribution in [2.24, 2.45) is 0 Å². The molecule has 0 bridgehead atoms. The third kappa shape index (κ3) is 2.54. The topological polar surface area (TPSA) is 36.7 Å². The van der Waals surface area contributed by atoms with Gasteiger partial charge in [0.2, 0.25) is 0 Å². The van der Waals surface area contributed by atoms with E-state index in [2.05, 4.69) is 42.2 Å². The van der Waals surface area contributed by atoms with Gasteiger partial charge in [-0.1, -0.05) is 31.2 Å². The van der Waals surface area contributed by atoms with Crippen molar-refractivity contribution in [2.45, 2.75) is 26.7 Å². The summed E-state index contributed by atoms with van der Waals surface area (Å²) in [6.45, 7) is 4.17. The van der Waals surface area contributed by atoms with Crippen LogP contribution in [0.25, 0.3) is 10.6 Å². The van der Waals surface area contributed by atoms with E-state index in [9.17, 15) is 0 Å². The fourth-order valence-electron chi connectivity index (χ4n) is 1.67. The number of aryl methyl sites for hydroxylation is 2. The minimum absolute atomic E-state index is 0.398. The molecule has 0 unspecified atom stereocenters. The van der Waals surface area contributed by atoms with Crippen LogP contribution in [0.3, 0.4) is 0 Å². The number of nitriles is 1. The lowest BCUT2D eigenvalue weighted by atomic mass is 10.1. The Balaban J connectivity index is 2.33. The van der Waals surface area contributed by atoms with Gasteiger partial charge in [-0.15, -0.1) is 11.3 Å². The number of benzene rings is 1. The SMILES string of the molecule is CCc1ccc(-c2nc(CC#N)c(C)s2)cc1. The first-order valence-electron chi connectivity index (χ1n) is 5.67. The molecule has 0 spiro atoms. The quantitative estimate of drug-likeness (QED) is 0.822. The first-order chi connectivity index (χ1) is 8.24. The molecule has 2 nitrogen and oxygen atoms in total. The molecule has 0 saturated carbocycles. The second-order valence-corrected chi connectivity index (χ2v) is 5.11. The third-order valence-corrected chi connectivity index (χ3v) is 3.81. The van der Waals surface area contributed by atoms with E-state index in [1.807, 2.05) is 6.92 Å². The second kappa shape index (κ2) is 5.11. The fraction of sp³-hybridized carbons (Fsp3) is 0.286. The lowest BCUT2D eigenvalue weighted by molar-refractivity contribution is 1.13. The standard InChI is InChI=1S/C14H14N2S/c1-3-11-4-6-12(7-5-11)14-16-13(8-9-15)10(2)17-14/h4-7H,3,8H2,1-2H3. The molecule has 2 rings (SSSR count). The predicted octanol–water partition coefficient (Wildman–Crippen LogP) is 3.75. The Labute approximate surface area is 106 Å². The van der Waals surface area contributed by atoms with Crippen LogP contribution < -0.4 is 0 Å². The Morgan fingerprint density at radius 3 is 2.59 bits per heavy atom. The van der Waals surface area contributed by atoms with Crippen LogP contribution in [-0.4, -0.2) is 4.98 Å². The number of nitrogens with zero attached hydrogens (tertiary/aromatic N) is 2. The molecule has 0 N–H and O–H groups in total. The maximum Gasteiger partial charge on any atom is 0.123 e. The van der Waals surface area contributed by atoms with Gasteiger partial charge in [-0.25, -0.2) is 4.98 Å². The molecule has 0 atom stereocenters. The van der Waals surface area contributed by atoms with Crippen LogP contribution in [0.4, 0.5) is 0 Å². The zero-order valence-electron chi connectivity index (χ0n) is 10.0. The molecule has 0 radical (unpaired) electrons. The van der Waals surface area contributed by atoms with Crippen LogP contribution in [0.2, 0.25) is 0 Å². The molecular weight excluding hydrogens is 228 g/mol. The third-order valence-electron chi connectivity index (χ3n) is 2.75. The summed E-state index contributed by atoms with van der Waals surface area (Å²) < 4.78 is 0. The predicted molar refractivity (Wildman–Crippen MR) is 71.0 cm³/mol. The van der Waals surface area contributed by atoms with Gasteiger partial charge in [-0.05, 0) is 18.9 Å². The van der Waals surface area contributed by atoms with Crippen LogP contribution in [0.1, 0.15) is 23.1 Å². The van der Waals surface area contributed by atoms with Crippen LogP contribution in [0.5, 0.6) is 0 Å². The summed E-state index contributed by atoms with van der Waals surface area (Å²) in [5, 5.41) is 9.72. The average molecular weight is 242 g/mol. The highest BCUT2D eigenvalue weighted by Crippen LogP contribution is 2.28. The molecule has 0 amide bonds. The van der Waals surface area contributed by atoms with Crippen molar-refractivity contribution in [3.8, 4) is 16.6 Å². The van der Waals surface area contributed by atoms with Crippen molar-refractivity contribution in [1.82, 2.24) is 4.98 Å².